The molecule has 1 saturated carbocycles. The Bertz CT molecular complexity index is 2390. The SMILES string of the molecule is CCc1nc[nH]c1Cc1cc(/C=C/C(=O)N2c3cc(O[C@]4(O)O[C@H](CO)[C@@H](O)[C@H](O)[C@H]4O)c(O)cc3[C@H]3[C@H](C4(c5ccccc5O)CCCCC4)C=C[C@]32C(=O)O)ccc1O. The highest BCUT2D eigenvalue weighted by Crippen LogP contribution is 2.64. The van der Waals surface area contributed by atoms with E-state index in [0.29, 0.717) is 42.4 Å². The Morgan fingerprint density at radius 1 is 0.984 bits per heavy atom. The molecule has 16 heteroatoms. The molecule has 0 bridgehead atoms. The molecule has 3 heterocycles. The number of ether oxygens (including phenoxy) is 2. The number of para-hydroxylation sites is 1. The van der Waals surface area contributed by atoms with Gasteiger partial charge in [0.1, 0.15) is 29.8 Å². The lowest BCUT2D eigenvalue weighted by Crippen LogP contribution is -2.67. The first-order chi connectivity index (χ1) is 29.2. The van der Waals surface area contributed by atoms with Gasteiger partial charge in [-0.3, -0.25) is 9.69 Å². The van der Waals surface area contributed by atoms with Crippen LogP contribution >= 0.6 is 0 Å². The molecule has 1 amide bonds. The summed E-state index contributed by atoms with van der Waals surface area (Å²) in [6.07, 6.45) is 4.35. The van der Waals surface area contributed by atoms with Crippen LogP contribution in [0.2, 0.25) is 0 Å². The number of nitrogens with zero attached hydrogens (tertiary/aromatic N) is 2. The predicted molar refractivity (Wildman–Crippen MR) is 218 cm³/mol. The number of nitrogens with one attached hydrogen (secondary N) is 1. The minimum Gasteiger partial charge on any atom is -0.508 e. The maximum absolute atomic E-state index is 14.8. The lowest BCUT2D eigenvalue weighted by Gasteiger charge is -2.46. The molecule has 1 saturated heterocycles. The van der Waals surface area contributed by atoms with E-state index < -0.39 is 83.2 Å². The lowest BCUT2D eigenvalue weighted by molar-refractivity contribution is -0.422. The number of rotatable bonds is 11. The number of imidazole rings is 1. The zero-order chi connectivity index (χ0) is 43.4. The summed E-state index contributed by atoms with van der Waals surface area (Å²) in [5, 5.41) is 97.7. The molecule has 0 radical (unpaired) electrons. The molecule has 16 nitrogen and oxygen atoms in total. The molecule has 3 aromatic carbocycles. The monoisotopic (exact) mass is 839 g/mol. The minimum atomic E-state index is -3.14. The molecule has 4 aliphatic rings. The highest BCUT2D eigenvalue weighted by molar-refractivity contribution is 6.13. The fourth-order valence-corrected chi connectivity index (χ4v) is 10.1. The highest BCUT2D eigenvalue weighted by Gasteiger charge is 2.66. The van der Waals surface area contributed by atoms with Crippen LogP contribution in [0.5, 0.6) is 23.0 Å². The van der Waals surface area contributed by atoms with Crippen molar-refractivity contribution in [3.05, 3.63) is 113 Å². The molecule has 0 unspecified atom stereocenters. The van der Waals surface area contributed by atoms with Gasteiger partial charge in [-0.25, -0.2) is 9.78 Å². The van der Waals surface area contributed by atoms with Crippen molar-refractivity contribution in [3.8, 4) is 23.0 Å². The van der Waals surface area contributed by atoms with Crippen LogP contribution < -0.4 is 9.64 Å². The number of H-pyrrole nitrogens is 1. The summed E-state index contributed by atoms with van der Waals surface area (Å²) in [4.78, 5) is 37.3. The van der Waals surface area contributed by atoms with Crippen molar-refractivity contribution in [1.29, 1.82) is 0 Å². The number of aromatic amines is 1. The Hall–Kier alpha value is -5.75. The van der Waals surface area contributed by atoms with Crippen molar-refractivity contribution in [1.82, 2.24) is 9.97 Å². The Kier molecular flexibility index (Phi) is 11.0. The van der Waals surface area contributed by atoms with Crippen LogP contribution in [0.15, 0.2) is 79.2 Å². The Morgan fingerprint density at radius 2 is 1.74 bits per heavy atom. The number of hydrogen-bond acceptors (Lipinski definition) is 13. The Labute approximate surface area is 350 Å². The lowest BCUT2D eigenvalue weighted by atomic mass is 9.57. The van der Waals surface area contributed by atoms with E-state index in [-0.39, 0.29) is 22.7 Å². The first-order valence-electron chi connectivity index (χ1n) is 20.4. The van der Waals surface area contributed by atoms with Crippen molar-refractivity contribution < 1.29 is 65.0 Å². The van der Waals surface area contributed by atoms with Crippen LogP contribution in [-0.2, 0) is 32.6 Å². The van der Waals surface area contributed by atoms with Crippen LogP contribution in [-0.4, -0.2) is 110 Å². The molecule has 8 rings (SSSR count). The number of aromatic hydroxyl groups is 3. The Morgan fingerprint density at radius 3 is 2.44 bits per heavy atom. The number of aliphatic hydroxyl groups is 5. The zero-order valence-corrected chi connectivity index (χ0v) is 33.3. The third kappa shape index (κ3) is 6.83. The van der Waals surface area contributed by atoms with Crippen molar-refractivity contribution >= 4 is 23.6 Å². The molecule has 322 valence electrons. The smallest absolute Gasteiger partial charge is 0.355 e. The number of hydrogen-bond donors (Lipinski definition) is 10. The van der Waals surface area contributed by atoms with Crippen LogP contribution in [0.4, 0.5) is 5.69 Å². The number of benzene rings is 3. The molecule has 2 aliphatic carbocycles. The van der Waals surface area contributed by atoms with Gasteiger partial charge in [-0.1, -0.05) is 62.6 Å². The fraction of sp³-hybridized carbons (Fsp3) is 0.400. The number of fused-ring (bicyclic) bond motifs is 3. The van der Waals surface area contributed by atoms with Gasteiger partial charge >= 0.3 is 11.9 Å². The summed E-state index contributed by atoms with van der Waals surface area (Å²) in [5.74, 6) is -8.16. The fourth-order valence-electron chi connectivity index (χ4n) is 10.1. The molecule has 1 aromatic heterocycles. The zero-order valence-electron chi connectivity index (χ0n) is 33.3. The summed E-state index contributed by atoms with van der Waals surface area (Å²) in [7, 11) is 0. The van der Waals surface area contributed by atoms with Gasteiger partial charge in [-0.2, -0.15) is 0 Å². The number of carbonyl (C=O) groups excluding carboxylic acids is 1. The molecule has 4 aromatic rings. The Balaban J connectivity index is 1.25. The first-order valence-corrected chi connectivity index (χ1v) is 20.4. The van der Waals surface area contributed by atoms with Crippen molar-refractivity contribution in [2.75, 3.05) is 11.5 Å². The molecule has 2 fully saturated rings. The van der Waals surface area contributed by atoms with E-state index in [1.165, 1.54) is 30.4 Å². The van der Waals surface area contributed by atoms with Gasteiger partial charge in [0.05, 0.1) is 24.3 Å². The number of aromatic nitrogens is 2. The number of amides is 1. The summed E-state index contributed by atoms with van der Waals surface area (Å²) in [6, 6.07) is 14.1. The second-order valence-electron chi connectivity index (χ2n) is 16.4. The quantitative estimate of drug-likeness (QED) is 0.0591. The van der Waals surface area contributed by atoms with Gasteiger partial charge < -0.3 is 60.4 Å². The molecule has 0 spiro atoms. The molecule has 8 atom stereocenters. The van der Waals surface area contributed by atoms with E-state index in [1.807, 2.05) is 19.1 Å². The molecule has 10 N–H and O–H groups in total. The van der Waals surface area contributed by atoms with Crippen LogP contribution in [0.25, 0.3) is 6.08 Å². The van der Waals surface area contributed by atoms with E-state index in [9.17, 15) is 55.5 Å². The van der Waals surface area contributed by atoms with Crippen LogP contribution in [0.3, 0.4) is 0 Å². The van der Waals surface area contributed by atoms with Crippen LogP contribution in [0, 0.1) is 5.92 Å². The van der Waals surface area contributed by atoms with Crippen molar-refractivity contribution in [3.63, 3.8) is 0 Å². The summed E-state index contributed by atoms with van der Waals surface area (Å²) >= 11 is 0. The second-order valence-corrected chi connectivity index (χ2v) is 16.4. The van der Waals surface area contributed by atoms with Gasteiger partial charge in [0.2, 0.25) is 0 Å². The molecular formula is C45H49N3O13. The molecule has 61 heavy (non-hydrogen) atoms. The molecular weight excluding hydrogens is 791 g/mol. The maximum Gasteiger partial charge on any atom is 0.355 e. The largest absolute Gasteiger partial charge is 0.508 e. The van der Waals surface area contributed by atoms with E-state index in [1.54, 1.807) is 36.7 Å². The maximum atomic E-state index is 14.8. The third-order valence-corrected chi connectivity index (χ3v) is 13.0. The van der Waals surface area contributed by atoms with Crippen molar-refractivity contribution in [2.45, 2.75) is 99.1 Å². The average Bonchev–Trinajstić information content (AvgIpc) is 3.95. The van der Waals surface area contributed by atoms with Gasteiger partial charge in [-0.15, -0.1) is 0 Å². The van der Waals surface area contributed by atoms with Gasteiger partial charge in [0.25, 0.3) is 5.91 Å². The number of phenolic OH excluding ortho intramolecular Hbond substituents is 3. The molecule has 2 aliphatic heterocycles. The summed E-state index contributed by atoms with van der Waals surface area (Å²) in [6.45, 7) is 1.06. The predicted octanol–water partition coefficient (Wildman–Crippen LogP) is 3.23. The standard InChI is InChI=1S/C45H49N3O13/c1-2-29-30(47-23-46-29)19-25-18-24(10-12-32(25)50)11-13-37(53)48-31-21-35(60-45(59)41(56)40(55)39(54)36(22-49)61-45)34(52)20-26(31)38-28(14-17-44(38,48)42(57)58)43(15-6-3-7-16-43)27-8-4-5-9-33(27)51/h4-5,8-14,17-18,20-21,23,28,36,38-41,49-52,54-56,59H,2-3,6-7,15-16,19,22H2,1H3,(H,46,47)(H,57,58)/b13-11+/t28-,36-,38+,39-,40+,41-,44-,45+/m1/s1. The summed E-state index contributed by atoms with van der Waals surface area (Å²) < 4.78 is 10.9. The van der Waals surface area contributed by atoms with Crippen LogP contribution in [0.1, 0.15) is 78.6 Å². The van der Waals surface area contributed by atoms with Crippen molar-refractivity contribution in [2.24, 2.45) is 5.92 Å². The van der Waals surface area contributed by atoms with E-state index in [2.05, 4.69) is 9.97 Å². The van der Waals surface area contributed by atoms with Gasteiger partial charge in [0, 0.05) is 46.7 Å². The third-order valence-electron chi connectivity index (χ3n) is 13.0. The normalized spacial score (nSPS) is 29.1. The number of carboxylic acid groups (broad SMARTS) is 1. The van der Waals surface area contributed by atoms with E-state index in [0.717, 1.165) is 41.6 Å². The van der Waals surface area contributed by atoms with Gasteiger partial charge in [-0.05, 0) is 66.6 Å². The average molecular weight is 840 g/mol. The number of phenols is 3. The van der Waals surface area contributed by atoms with E-state index >= 15 is 0 Å². The number of anilines is 1. The minimum absolute atomic E-state index is 0.0258. The highest BCUT2D eigenvalue weighted by atomic mass is 16.8. The second kappa shape index (κ2) is 15.9. The number of aliphatic hydroxyl groups excluding tert-OH is 4. The number of aryl methyl sites for hydroxylation is 1. The number of aliphatic carboxylic acids is 1. The van der Waals surface area contributed by atoms with Gasteiger partial charge in [0.15, 0.2) is 23.1 Å². The first kappa shape index (κ1) is 42.0. The summed E-state index contributed by atoms with van der Waals surface area (Å²) in [5.41, 5.74) is 0.676. The number of carbonyl (C=O) groups is 2. The van der Waals surface area contributed by atoms with E-state index in [4.69, 9.17) is 9.47 Å². The topological polar surface area (TPSA) is 267 Å². The number of allylic oxidation sites excluding steroid dienone is 1. The number of carboxylic acids is 1.